The third-order valence-corrected chi connectivity index (χ3v) is 6.39. The van der Waals surface area contributed by atoms with E-state index >= 15 is 0 Å². The first-order valence-electron chi connectivity index (χ1n) is 10.3. The van der Waals surface area contributed by atoms with E-state index < -0.39 is 0 Å². The molecule has 2 saturated heterocycles. The lowest BCUT2D eigenvalue weighted by Crippen LogP contribution is -2.51. The van der Waals surface area contributed by atoms with Crippen LogP contribution in [0.5, 0.6) is 0 Å². The molecule has 0 radical (unpaired) electrons. The Bertz CT molecular complexity index is 617. The van der Waals surface area contributed by atoms with Gasteiger partial charge in [0, 0.05) is 44.0 Å². The third kappa shape index (κ3) is 4.12. The summed E-state index contributed by atoms with van der Waals surface area (Å²) in [7, 11) is 4.15. The number of carbonyl (C=O) groups is 1. The standard InChI is InChI=1S/C20H33N5O/c1-22-10-7-18(8-11-22)24-9-3-4-17(15-24)20(26)25(19-5-6-19)14-16-12-21-23(2)13-16/h12-13,17-19H,3-11,14-15H2,1-2H3/t17-/m1/s1. The van der Waals surface area contributed by atoms with Crippen molar-refractivity contribution >= 4 is 5.91 Å². The van der Waals surface area contributed by atoms with Crippen LogP contribution in [-0.4, -0.2) is 75.7 Å². The van der Waals surface area contributed by atoms with Crippen molar-refractivity contribution in [3.8, 4) is 0 Å². The Balaban J connectivity index is 1.39. The molecule has 1 amide bonds. The van der Waals surface area contributed by atoms with Crippen molar-refractivity contribution < 1.29 is 4.79 Å². The summed E-state index contributed by atoms with van der Waals surface area (Å²) in [5, 5.41) is 4.27. The van der Waals surface area contributed by atoms with Crippen LogP contribution in [0.2, 0.25) is 0 Å². The first kappa shape index (κ1) is 18.0. The number of aryl methyl sites for hydroxylation is 1. The summed E-state index contributed by atoms with van der Waals surface area (Å²) < 4.78 is 1.83. The second-order valence-corrected chi connectivity index (χ2v) is 8.59. The molecule has 1 aromatic rings. The second-order valence-electron chi connectivity index (χ2n) is 8.59. The molecule has 26 heavy (non-hydrogen) atoms. The molecule has 4 rings (SSSR count). The van der Waals surface area contributed by atoms with E-state index in [4.69, 9.17) is 0 Å². The van der Waals surface area contributed by atoms with Gasteiger partial charge >= 0.3 is 0 Å². The summed E-state index contributed by atoms with van der Waals surface area (Å²) in [6, 6.07) is 1.14. The van der Waals surface area contributed by atoms with Gasteiger partial charge in [-0.05, 0) is 65.2 Å². The van der Waals surface area contributed by atoms with Gasteiger partial charge in [-0.3, -0.25) is 14.4 Å². The summed E-state index contributed by atoms with van der Waals surface area (Å²) >= 11 is 0. The fourth-order valence-corrected chi connectivity index (χ4v) is 4.66. The minimum Gasteiger partial charge on any atom is -0.335 e. The number of hydrogen-bond donors (Lipinski definition) is 0. The summed E-state index contributed by atoms with van der Waals surface area (Å²) in [4.78, 5) is 20.5. The topological polar surface area (TPSA) is 44.6 Å². The van der Waals surface area contributed by atoms with Crippen molar-refractivity contribution in [2.24, 2.45) is 13.0 Å². The number of hydrogen-bond acceptors (Lipinski definition) is 4. The Kier molecular flexibility index (Phi) is 5.32. The minimum atomic E-state index is 0.181. The summed E-state index contributed by atoms with van der Waals surface area (Å²) in [5.74, 6) is 0.564. The molecule has 0 bridgehead atoms. The zero-order valence-electron chi connectivity index (χ0n) is 16.3. The lowest BCUT2D eigenvalue weighted by Gasteiger charge is -2.42. The van der Waals surface area contributed by atoms with Gasteiger partial charge < -0.3 is 9.80 Å². The fourth-order valence-electron chi connectivity index (χ4n) is 4.66. The Morgan fingerprint density at radius 3 is 2.58 bits per heavy atom. The highest BCUT2D eigenvalue weighted by Gasteiger charge is 2.38. The number of likely N-dealkylation sites (tertiary alicyclic amines) is 2. The van der Waals surface area contributed by atoms with E-state index in [0.29, 0.717) is 18.0 Å². The number of rotatable bonds is 5. The average Bonchev–Trinajstić information content (AvgIpc) is 3.42. The van der Waals surface area contributed by atoms with Crippen molar-refractivity contribution in [2.45, 2.75) is 57.2 Å². The highest BCUT2D eigenvalue weighted by Crippen LogP contribution is 2.32. The number of amides is 1. The van der Waals surface area contributed by atoms with Gasteiger partial charge in [0.25, 0.3) is 0 Å². The van der Waals surface area contributed by atoms with Gasteiger partial charge in [0.1, 0.15) is 0 Å². The molecule has 3 aliphatic rings. The molecule has 0 N–H and O–H groups in total. The molecule has 144 valence electrons. The Labute approximate surface area is 157 Å². The van der Waals surface area contributed by atoms with E-state index in [1.807, 2.05) is 24.1 Å². The molecule has 1 atom stereocenters. The van der Waals surface area contributed by atoms with Gasteiger partial charge in [-0.2, -0.15) is 5.10 Å². The maximum atomic E-state index is 13.3. The summed E-state index contributed by atoms with van der Waals surface area (Å²) in [6.07, 6.45) is 11.0. The summed E-state index contributed by atoms with van der Waals surface area (Å²) in [5.41, 5.74) is 1.15. The van der Waals surface area contributed by atoms with Gasteiger partial charge in [0.15, 0.2) is 0 Å². The van der Waals surface area contributed by atoms with Crippen LogP contribution in [0.15, 0.2) is 12.4 Å². The molecular weight excluding hydrogens is 326 g/mol. The quantitative estimate of drug-likeness (QED) is 0.803. The van der Waals surface area contributed by atoms with E-state index in [1.54, 1.807) is 0 Å². The maximum absolute atomic E-state index is 13.3. The molecule has 2 aliphatic heterocycles. The predicted octanol–water partition coefficient (Wildman–Crippen LogP) is 1.72. The second kappa shape index (κ2) is 7.69. The number of aromatic nitrogens is 2. The van der Waals surface area contributed by atoms with Crippen LogP contribution in [0.1, 0.15) is 44.1 Å². The molecule has 1 aromatic heterocycles. The Hall–Kier alpha value is -1.40. The highest BCUT2D eigenvalue weighted by molar-refractivity contribution is 5.79. The van der Waals surface area contributed by atoms with Gasteiger partial charge in [0.2, 0.25) is 5.91 Å². The lowest BCUT2D eigenvalue weighted by atomic mass is 9.92. The van der Waals surface area contributed by atoms with Crippen LogP contribution in [0, 0.1) is 5.92 Å². The largest absolute Gasteiger partial charge is 0.335 e. The Morgan fingerprint density at radius 2 is 1.92 bits per heavy atom. The van der Waals surface area contributed by atoms with Gasteiger partial charge in [-0.25, -0.2) is 0 Å². The van der Waals surface area contributed by atoms with E-state index in [9.17, 15) is 4.79 Å². The minimum absolute atomic E-state index is 0.181. The normalized spacial score (nSPS) is 26.2. The molecule has 6 heteroatoms. The molecule has 0 aromatic carbocycles. The van der Waals surface area contributed by atoms with Crippen LogP contribution < -0.4 is 0 Å². The molecule has 0 unspecified atom stereocenters. The zero-order valence-corrected chi connectivity index (χ0v) is 16.3. The van der Waals surface area contributed by atoms with E-state index in [2.05, 4.69) is 26.8 Å². The Morgan fingerprint density at radius 1 is 1.15 bits per heavy atom. The molecular formula is C20H33N5O. The van der Waals surface area contributed by atoms with Gasteiger partial charge in [0.05, 0.1) is 12.1 Å². The smallest absolute Gasteiger partial charge is 0.227 e. The van der Waals surface area contributed by atoms with Crippen molar-refractivity contribution in [2.75, 3.05) is 33.2 Å². The van der Waals surface area contributed by atoms with Crippen LogP contribution in [0.25, 0.3) is 0 Å². The highest BCUT2D eigenvalue weighted by atomic mass is 16.2. The van der Waals surface area contributed by atoms with E-state index in [-0.39, 0.29) is 5.92 Å². The number of nitrogens with zero attached hydrogens (tertiary/aromatic N) is 5. The number of carbonyl (C=O) groups excluding carboxylic acids is 1. The molecule has 0 spiro atoms. The predicted molar refractivity (Wildman–Crippen MR) is 102 cm³/mol. The van der Waals surface area contributed by atoms with Crippen LogP contribution in [0.3, 0.4) is 0 Å². The fraction of sp³-hybridized carbons (Fsp3) is 0.800. The van der Waals surface area contributed by atoms with Gasteiger partial charge in [-0.1, -0.05) is 0 Å². The average molecular weight is 360 g/mol. The van der Waals surface area contributed by atoms with Crippen molar-refractivity contribution in [3.63, 3.8) is 0 Å². The van der Waals surface area contributed by atoms with E-state index in [0.717, 1.165) is 44.3 Å². The molecule has 1 saturated carbocycles. The first-order chi connectivity index (χ1) is 12.6. The lowest BCUT2D eigenvalue weighted by molar-refractivity contribution is -0.139. The molecule has 6 nitrogen and oxygen atoms in total. The molecule has 3 heterocycles. The van der Waals surface area contributed by atoms with Crippen LogP contribution in [0.4, 0.5) is 0 Å². The van der Waals surface area contributed by atoms with Crippen molar-refractivity contribution in [3.05, 3.63) is 18.0 Å². The monoisotopic (exact) mass is 359 g/mol. The summed E-state index contributed by atoms with van der Waals surface area (Å²) in [6.45, 7) is 5.24. The van der Waals surface area contributed by atoms with Crippen molar-refractivity contribution in [1.29, 1.82) is 0 Å². The molecule has 1 aliphatic carbocycles. The van der Waals surface area contributed by atoms with Crippen LogP contribution in [-0.2, 0) is 18.4 Å². The van der Waals surface area contributed by atoms with Crippen LogP contribution >= 0.6 is 0 Å². The maximum Gasteiger partial charge on any atom is 0.227 e. The van der Waals surface area contributed by atoms with Crippen molar-refractivity contribution in [1.82, 2.24) is 24.5 Å². The SMILES string of the molecule is CN1CCC(N2CCC[C@@H](C(=O)N(Cc3cnn(C)c3)C3CC3)C2)CC1. The first-order valence-corrected chi connectivity index (χ1v) is 10.3. The zero-order chi connectivity index (χ0) is 18.1. The third-order valence-electron chi connectivity index (χ3n) is 6.39. The van der Waals surface area contributed by atoms with Gasteiger partial charge in [-0.15, -0.1) is 0 Å². The molecule has 3 fully saturated rings. The number of piperidine rings is 2. The van der Waals surface area contributed by atoms with E-state index in [1.165, 1.54) is 32.5 Å².